The second kappa shape index (κ2) is 7.85. The summed E-state index contributed by atoms with van der Waals surface area (Å²) in [5, 5.41) is 3.16. The Balaban J connectivity index is 1.85. The van der Waals surface area contributed by atoms with Crippen LogP contribution in [0.1, 0.15) is 27.2 Å². The van der Waals surface area contributed by atoms with Gasteiger partial charge in [-0.2, -0.15) is 13.2 Å². The number of likely N-dealkylation sites (N-methyl/N-ethyl adjacent to an activating group) is 1. The average molecular weight is 398 g/mol. The maximum atomic E-state index is 13.6. The summed E-state index contributed by atoms with van der Waals surface area (Å²) >= 11 is 1.18. The molecule has 27 heavy (non-hydrogen) atoms. The zero-order valence-electron chi connectivity index (χ0n) is 15.1. The van der Waals surface area contributed by atoms with E-state index in [0.29, 0.717) is 30.1 Å². The van der Waals surface area contributed by atoms with E-state index in [9.17, 15) is 18.0 Å². The number of anilines is 2. The van der Waals surface area contributed by atoms with Crippen molar-refractivity contribution in [3.05, 3.63) is 39.8 Å². The van der Waals surface area contributed by atoms with Gasteiger partial charge >= 0.3 is 6.18 Å². The third-order valence-electron chi connectivity index (χ3n) is 4.50. The van der Waals surface area contributed by atoms with Crippen LogP contribution in [-0.2, 0) is 12.6 Å². The van der Waals surface area contributed by atoms with Crippen molar-refractivity contribution in [1.82, 2.24) is 9.88 Å². The minimum absolute atomic E-state index is 0.239. The van der Waals surface area contributed by atoms with E-state index in [1.54, 1.807) is 6.07 Å². The van der Waals surface area contributed by atoms with E-state index in [1.165, 1.54) is 23.6 Å². The molecule has 0 unspecified atom stereocenters. The highest BCUT2D eigenvalue weighted by Crippen LogP contribution is 2.38. The fourth-order valence-electron chi connectivity index (χ4n) is 2.90. The Morgan fingerprint density at radius 2 is 1.96 bits per heavy atom. The molecule has 146 valence electrons. The highest BCUT2D eigenvalue weighted by Gasteiger charge is 2.35. The van der Waals surface area contributed by atoms with Gasteiger partial charge in [-0.05, 0) is 31.7 Å². The lowest BCUT2D eigenvalue weighted by molar-refractivity contribution is -0.136. The number of nitrogens with zero attached hydrogens (tertiary/aromatic N) is 3. The molecular weight excluding hydrogens is 377 g/mol. The monoisotopic (exact) mass is 398 g/mol. The van der Waals surface area contributed by atoms with E-state index in [1.807, 2.05) is 18.9 Å². The number of piperazine rings is 1. The number of halogens is 3. The van der Waals surface area contributed by atoms with E-state index in [-0.39, 0.29) is 5.69 Å². The molecule has 1 aliphatic heterocycles. The molecule has 1 fully saturated rings. The van der Waals surface area contributed by atoms with Gasteiger partial charge in [-0.3, -0.25) is 4.79 Å². The molecule has 2 heterocycles. The normalized spacial score (nSPS) is 15.8. The summed E-state index contributed by atoms with van der Waals surface area (Å²) in [5.74, 6) is -0.579. The van der Waals surface area contributed by atoms with E-state index in [2.05, 4.69) is 15.2 Å². The van der Waals surface area contributed by atoms with Gasteiger partial charge in [0.25, 0.3) is 5.91 Å². The van der Waals surface area contributed by atoms with Crippen LogP contribution in [0.15, 0.2) is 24.4 Å². The van der Waals surface area contributed by atoms with E-state index >= 15 is 0 Å². The van der Waals surface area contributed by atoms with Crippen LogP contribution in [0.3, 0.4) is 0 Å². The van der Waals surface area contributed by atoms with Crippen molar-refractivity contribution in [1.29, 1.82) is 0 Å². The lowest BCUT2D eigenvalue weighted by Gasteiger charge is -2.34. The summed E-state index contributed by atoms with van der Waals surface area (Å²) in [6.45, 7) is 4.83. The zero-order valence-corrected chi connectivity index (χ0v) is 16.0. The van der Waals surface area contributed by atoms with Crippen LogP contribution >= 0.6 is 11.3 Å². The quantitative estimate of drug-likeness (QED) is 0.853. The van der Waals surface area contributed by atoms with Gasteiger partial charge in [0.05, 0.1) is 22.5 Å². The Bertz CT molecular complexity index is 813. The molecule has 1 N–H and O–H groups in total. The predicted molar refractivity (Wildman–Crippen MR) is 101 cm³/mol. The number of carbonyl (C=O) groups is 1. The van der Waals surface area contributed by atoms with Crippen LogP contribution < -0.4 is 10.2 Å². The molecule has 0 radical (unpaired) electrons. The number of carbonyl (C=O) groups excluding carboxylic acids is 1. The molecule has 1 amide bonds. The zero-order chi connectivity index (χ0) is 19.6. The Kier molecular flexibility index (Phi) is 5.71. The molecule has 0 saturated carbocycles. The third kappa shape index (κ3) is 4.59. The summed E-state index contributed by atoms with van der Waals surface area (Å²) in [6, 6.07) is 4.07. The fourth-order valence-corrected chi connectivity index (χ4v) is 3.65. The molecule has 0 atom stereocenters. The van der Waals surface area contributed by atoms with Crippen molar-refractivity contribution in [3.63, 3.8) is 0 Å². The molecule has 0 bridgehead atoms. The van der Waals surface area contributed by atoms with Crippen molar-refractivity contribution in [2.24, 2.45) is 0 Å². The van der Waals surface area contributed by atoms with Gasteiger partial charge in [-0.1, -0.05) is 6.92 Å². The molecule has 1 aromatic heterocycles. The molecule has 2 aromatic rings. The van der Waals surface area contributed by atoms with Gasteiger partial charge in [0.2, 0.25) is 0 Å². The molecule has 0 spiro atoms. The van der Waals surface area contributed by atoms with E-state index in [0.717, 1.165) is 24.2 Å². The topological polar surface area (TPSA) is 48.5 Å². The Morgan fingerprint density at radius 3 is 2.56 bits per heavy atom. The van der Waals surface area contributed by atoms with Gasteiger partial charge < -0.3 is 15.1 Å². The summed E-state index contributed by atoms with van der Waals surface area (Å²) in [5.41, 5.74) is -0.566. The first-order valence-electron chi connectivity index (χ1n) is 8.68. The van der Waals surface area contributed by atoms with Crippen molar-refractivity contribution in [2.45, 2.75) is 19.5 Å². The first-order chi connectivity index (χ1) is 12.8. The van der Waals surface area contributed by atoms with Crippen LogP contribution in [0.25, 0.3) is 0 Å². The fraction of sp³-hybridized carbons (Fsp3) is 0.444. The van der Waals surface area contributed by atoms with Crippen LogP contribution in [0.5, 0.6) is 0 Å². The number of amides is 1. The molecule has 1 saturated heterocycles. The summed E-state index contributed by atoms with van der Waals surface area (Å²) in [7, 11) is 1.99. The average Bonchev–Trinajstić information content (AvgIpc) is 3.11. The number of alkyl halides is 3. The van der Waals surface area contributed by atoms with Crippen LogP contribution in [0.4, 0.5) is 24.5 Å². The lowest BCUT2D eigenvalue weighted by Crippen LogP contribution is -2.44. The molecule has 9 heteroatoms. The second-order valence-electron chi connectivity index (χ2n) is 6.44. The molecule has 3 rings (SSSR count). The van der Waals surface area contributed by atoms with Crippen LogP contribution in [-0.4, -0.2) is 49.0 Å². The number of thiazole rings is 1. The van der Waals surface area contributed by atoms with Gasteiger partial charge in [0.15, 0.2) is 0 Å². The van der Waals surface area contributed by atoms with Gasteiger partial charge in [-0.15, -0.1) is 11.3 Å². The third-order valence-corrected chi connectivity index (χ3v) is 5.65. The summed E-state index contributed by atoms with van der Waals surface area (Å²) in [4.78, 5) is 20.8. The van der Waals surface area contributed by atoms with Crippen molar-refractivity contribution < 1.29 is 18.0 Å². The highest BCUT2D eigenvalue weighted by atomic mass is 32.1. The first-order valence-corrected chi connectivity index (χ1v) is 9.50. The van der Waals surface area contributed by atoms with Gasteiger partial charge in [-0.25, -0.2) is 4.98 Å². The van der Waals surface area contributed by atoms with Gasteiger partial charge in [0, 0.05) is 31.9 Å². The number of hydrogen-bond acceptors (Lipinski definition) is 5. The number of benzene rings is 1. The minimum atomic E-state index is -4.56. The second-order valence-corrected chi connectivity index (χ2v) is 7.56. The maximum absolute atomic E-state index is 13.6. The van der Waals surface area contributed by atoms with E-state index in [4.69, 9.17) is 0 Å². The number of aromatic nitrogens is 1. The number of aryl methyl sites for hydroxylation is 1. The van der Waals surface area contributed by atoms with Crippen LogP contribution in [0.2, 0.25) is 0 Å². The maximum Gasteiger partial charge on any atom is 0.418 e. The Hall–Kier alpha value is -2.13. The number of hydrogen-bond donors (Lipinski definition) is 1. The van der Waals surface area contributed by atoms with Crippen molar-refractivity contribution >= 4 is 28.6 Å². The lowest BCUT2D eigenvalue weighted by atomic mass is 10.1. The van der Waals surface area contributed by atoms with Crippen LogP contribution in [0, 0.1) is 0 Å². The molecule has 5 nitrogen and oxygen atoms in total. The largest absolute Gasteiger partial charge is 0.418 e. The standard InChI is InChI=1S/C18H21F3N4OS/c1-3-16-22-11-15(27-16)17(26)23-14-5-4-12(10-13(14)18(19,20)21)25-8-6-24(2)7-9-25/h4-5,10-11H,3,6-9H2,1-2H3,(H,23,26). The first kappa shape index (κ1) is 19.6. The Labute approximate surface area is 159 Å². The molecule has 1 aliphatic rings. The smallest absolute Gasteiger partial charge is 0.369 e. The molecular formula is C18H21F3N4OS. The minimum Gasteiger partial charge on any atom is -0.369 e. The summed E-state index contributed by atoms with van der Waals surface area (Å²) < 4.78 is 40.7. The molecule has 1 aromatic carbocycles. The van der Waals surface area contributed by atoms with Gasteiger partial charge in [0.1, 0.15) is 4.88 Å². The number of nitrogens with one attached hydrogen (secondary N) is 1. The number of rotatable bonds is 4. The summed E-state index contributed by atoms with van der Waals surface area (Å²) in [6.07, 6.45) is -2.50. The predicted octanol–water partition coefficient (Wildman–Crippen LogP) is 3.73. The highest BCUT2D eigenvalue weighted by molar-refractivity contribution is 7.13. The molecule has 0 aliphatic carbocycles. The van der Waals surface area contributed by atoms with Crippen molar-refractivity contribution in [3.8, 4) is 0 Å². The van der Waals surface area contributed by atoms with Crippen molar-refractivity contribution in [2.75, 3.05) is 43.4 Å². The van der Waals surface area contributed by atoms with E-state index < -0.39 is 17.6 Å². The Morgan fingerprint density at radius 1 is 1.26 bits per heavy atom. The SMILES string of the molecule is CCc1ncc(C(=O)Nc2ccc(N3CCN(C)CC3)cc2C(F)(F)F)s1.